The lowest BCUT2D eigenvalue weighted by Crippen LogP contribution is -2.15. The van der Waals surface area contributed by atoms with Crippen LogP contribution in [0.3, 0.4) is 0 Å². The molecule has 0 heterocycles. The van der Waals surface area contributed by atoms with E-state index in [-0.39, 0.29) is 11.8 Å². The van der Waals surface area contributed by atoms with Gasteiger partial charge in [0.1, 0.15) is 5.75 Å². The summed E-state index contributed by atoms with van der Waals surface area (Å²) >= 11 is 3.42. The molecule has 0 bridgehead atoms. The number of benzene rings is 3. The Morgan fingerprint density at radius 1 is 0.871 bits per heavy atom. The van der Waals surface area contributed by atoms with E-state index in [0.717, 1.165) is 10.9 Å². The fraction of sp³-hybridized carbons (Fsp3) is 0.200. The maximum absolute atomic E-state index is 12.9. The molecule has 3 rings (SSSR count). The van der Waals surface area contributed by atoms with Gasteiger partial charge in [0.15, 0.2) is 0 Å². The van der Waals surface area contributed by atoms with Crippen molar-refractivity contribution < 1.29 is 14.3 Å². The zero-order chi connectivity index (χ0) is 22.2. The van der Waals surface area contributed by atoms with Crippen LogP contribution in [0.25, 0.3) is 0 Å². The second-order valence-corrected chi connectivity index (χ2v) is 8.44. The van der Waals surface area contributed by atoms with Gasteiger partial charge in [-0.1, -0.05) is 48.0 Å². The van der Waals surface area contributed by atoms with Crippen molar-refractivity contribution in [3.05, 3.63) is 88.4 Å². The molecule has 3 aromatic rings. The van der Waals surface area contributed by atoms with E-state index >= 15 is 0 Å². The van der Waals surface area contributed by atoms with Gasteiger partial charge in [-0.05, 0) is 66.9 Å². The van der Waals surface area contributed by atoms with Crippen molar-refractivity contribution in [2.75, 3.05) is 17.2 Å². The second-order valence-electron chi connectivity index (χ2n) is 7.52. The molecular formula is C25H25BrN2O3. The van der Waals surface area contributed by atoms with E-state index < -0.39 is 0 Å². The van der Waals surface area contributed by atoms with Gasteiger partial charge in [-0.15, -0.1) is 0 Å². The smallest absolute Gasteiger partial charge is 0.259 e. The van der Waals surface area contributed by atoms with Gasteiger partial charge in [0, 0.05) is 21.4 Å². The molecule has 0 saturated heterocycles. The lowest BCUT2D eigenvalue weighted by atomic mass is 10.1. The van der Waals surface area contributed by atoms with Crippen LogP contribution in [0.15, 0.2) is 77.3 Å². The van der Waals surface area contributed by atoms with E-state index in [1.807, 2.05) is 24.3 Å². The minimum absolute atomic E-state index is 0.185. The molecule has 2 N–H and O–H groups in total. The number of anilines is 2. The lowest BCUT2D eigenvalue weighted by Gasteiger charge is -2.13. The fourth-order valence-corrected chi connectivity index (χ4v) is 3.20. The third-order valence-electron chi connectivity index (χ3n) is 4.58. The molecular weight excluding hydrogens is 456 g/mol. The minimum Gasteiger partial charge on any atom is -0.493 e. The summed E-state index contributed by atoms with van der Waals surface area (Å²) in [6, 6.07) is 21.4. The first-order chi connectivity index (χ1) is 14.9. The monoisotopic (exact) mass is 480 g/mol. The van der Waals surface area contributed by atoms with Crippen LogP contribution in [-0.4, -0.2) is 18.4 Å². The Bertz CT molecular complexity index is 1030. The Kier molecular flexibility index (Phi) is 7.84. The zero-order valence-electron chi connectivity index (χ0n) is 17.5. The van der Waals surface area contributed by atoms with Crippen molar-refractivity contribution in [3.63, 3.8) is 0 Å². The van der Waals surface area contributed by atoms with Crippen LogP contribution in [0, 0.1) is 5.92 Å². The molecule has 0 aromatic heterocycles. The van der Waals surface area contributed by atoms with Crippen molar-refractivity contribution in [1.29, 1.82) is 0 Å². The van der Waals surface area contributed by atoms with Crippen LogP contribution >= 0.6 is 15.9 Å². The van der Waals surface area contributed by atoms with Crippen molar-refractivity contribution >= 4 is 39.1 Å². The summed E-state index contributed by atoms with van der Waals surface area (Å²) in [6.07, 6.45) is 0.910. The first kappa shape index (κ1) is 22.6. The average Bonchev–Trinajstić information content (AvgIpc) is 2.76. The molecule has 5 nitrogen and oxygen atoms in total. The first-order valence-corrected chi connectivity index (χ1v) is 10.9. The van der Waals surface area contributed by atoms with Crippen LogP contribution in [0.2, 0.25) is 0 Å². The van der Waals surface area contributed by atoms with Gasteiger partial charge in [-0.3, -0.25) is 9.59 Å². The number of carbonyl (C=O) groups is 2. The van der Waals surface area contributed by atoms with Gasteiger partial charge in [-0.25, -0.2) is 0 Å². The highest BCUT2D eigenvalue weighted by Gasteiger charge is 2.14. The summed E-state index contributed by atoms with van der Waals surface area (Å²) in [5, 5.41) is 5.73. The quantitative estimate of drug-likeness (QED) is 0.393. The highest BCUT2D eigenvalue weighted by atomic mass is 79.9. The molecule has 0 atom stereocenters. The highest BCUT2D eigenvalue weighted by molar-refractivity contribution is 9.10. The van der Waals surface area contributed by atoms with Gasteiger partial charge in [0.2, 0.25) is 0 Å². The van der Waals surface area contributed by atoms with E-state index in [0.29, 0.717) is 40.8 Å². The van der Waals surface area contributed by atoms with Gasteiger partial charge in [-0.2, -0.15) is 0 Å². The molecule has 0 aliphatic carbocycles. The number of carbonyl (C=O) groups excluding carboxylic acids is 2. The van der Waals surface area contributed by atoms with E-state index in [9.17, 15) is 9.59 Å². The molecule has 0 aliphatic rings. The number of hydrogen-bond donors (Lipinski definition) is 2. The Morgan fingerprint density at radius 2 is 1.48 bits per heavy atom. The van der Waals surface area contributed by atoms with Crippen molar-refractivity contribution in [2.24, 2.45) is 5.92 Å². The van der Waals surface area contributed by atoms with Crippen molar-refractivity contribution in [1.82, 2.24) is 0 Å². The predicted molar refractivity (Wildman–Crippen MR) is 128 cm³/mol. The molecule has 2 amide bonds. The van der Waals surface area contributed by atoms with Crippen LogP contribution in [0.4, 0.5) is 11.4 Å². The molecule has 3 aromatic carbocycles. The molecule has 0 saturated carbocycles. The number of ether oxygens (including phenoxy) is 1. The number of hydrogen-bond acceptors (Lipinski definition) is 3. The molecule has 0 fully saturated rings. The first-order valence-electron chi connectivity index (χ1n) is 10.1. The summed E-state index contributed by atoms with van der Waals surface area (Å²) in [5.41, 5.74) is 2.31. The third kappa shape index (κ3) is 6.69. The summed E-state index contributed by atoms with van der Waals surface area (Å²) in [4.78, 5) is 25.1. The summed E-state index contributed by atoms with van der Waals surface area (Å²) < 4.78 is 6.64. The highest BCUT2D eigenvalue weighted by Crippen LogP contribution is 2.25. The van der Waals surface area contributed by atoms with Crippen LogP contribution in [0.5, 0.6) is 5.75 Å². The van der Waals surface area contributed by atoms with Crippen LogP contribution in [0.1, 0.15) is 41.0 Å². The Labute approximate surface area is 191 Å². The number of nitrogens with one attached hydrogen (secondary N) is 2. The zero-order valence-corrected chi connectivity index (χ0v) is 19.1. The largest absolute Gasteiger partial charge is 0.493 e. The van der Waals surface area contributed by atoms with E-state index in [1.165, 1.54) is 0 Å². The fourth-order valence-electron chi connectivity index (χ4n) is 2.84. The van der Waals surface area contributed by atoms with Crippen molar-refractivity contribution in [3.8, 4) is 5.75 Å². The molecule has 0 aliphatic heterocycles. The second kappa shape index (κ2) is 10.8. The molecule has 0 spiro atoms. The molecule has 31 heavy (non-hydrogen) atoms. The van der Waals surface area contributed by atoms with Gasteiger partial charge >= 0.3 is 0 Å². The molecule has 0 radical (unpaired) electrons. The molecule has 160 valence electrons. The standard InChI is InChI=1S/C25H25BrN2O3/c1-17(2)14-15-31-23-13-8-19(26)16-22(23)25(30)28-21-11-9-20(10-12-21)27-24(29)18-6-4-3-5-7-18/h3-13,16-17H,14-15H2,1-2H3,(H,27,29)(H,28,30). The molecule has 6 heteroatoms. The van der Waals surface area contributed by atoms with Crippen LogP contribution < -0.4 is 15.4 Å². The Hall–Kier alpha value is -3.12. The lowest BCUT2D eigenvalue weighted by molar-refractivity contribution is 0.101. The Balaban J connectivity index is 1.65. The topological polar surface area (TPSA) is 67.4 Å². The predicted octanol–water partition coefficient (Wildman–Crippen LogP) is 6.38. The average molecular weight is 481 g/mol. The normalized spacial score (nSPS) is 10.6. The number of amides is 2. The summed E-state index contributed by atoms with van der Waals surface area (Å²) in [5.74, 6) is 0.623. The number of rotatable bonds is 8. The summed E-state index contributed by atoms with van der Waals surface area (Å²) in [7, 11) is 0. The van der Waals surface area contributed by atoms with Crippen LogP contribution in [-0.2, 0) is 0 Å². The van der Waals surface area contributed by atoms with Gasteiger partial charge in [0.25, 0.3) is 11.8 Å². The SMILES string of the molecule is CC(C)CCOc1ccc(Br)cc1C(=O)Nc1ccc(NC(=O)c2ccccc2)cc1. The maximum atomic E-state index is 12.9. The maximum Gasteiger partial charge on any atom is 0.259 e. The minimum atomic E-state index is -0.262. The number of halogens is 1. The van der Waals surface area contributed by atoms with E-state index in [4.69, 9.17) is 4.74 Å². The Morgan fingerprint density at radius 3 is 2.10 bits per heavy atom. The van der Waals surface area contributed by atoms with E-state index in [2.05, 4.69) is 40.4 Å². The molecule has 0 unspecified atom stereocenters. The van der Waals surface area contributed by atoms with Gasteiger partial charge < -0.3 is 15.4 Å². The summed E-state index contributed by atoms with van der Waals surface area (Å²) in [6.45, 7) is 4.81. The van der Waals surface area contributed by atoms with Gasteiger partial charge in [0.05, 0.1) is 12.2 Å². The van der Waals surface area contributed by atoms with E-state index in [1.54, 1.807) is 48.5 Å². The third-order valence-corrected chi connectivity index (χ3v) is 5.07. The van der Waals surface area contributed by atoms with Crippen molar-refractivity contribution in [2.45, 2.75) is 20.3 Å².